The SMILES string of the molecule is CNN(c1ccccc1)c1ccc(NN)nn1. The third-order valence-corrected chi connectivity index (χ3v) is 2.27. The van der Waals surface area contributed by atoms with Gasteiger partial charge in [0.25, 0.3) is 0 Å². The number of hydrogen-bond acceptors (Lipinski definition) is 6. The number of benzene rings is 1. The van der Waals surface area contributed by atoms with Gasteiger partial charge in [0.1, 0.15) is 0 Å². The normalized spacial score (nSPS) is 10.0. The van der Waals surface area contributed by atoms with Crippen molar-refractivity contribution in [1.29, 1.82) is 0 Å². The first-order valence-corrected chi connectivity index (χ1v) is 5.18. The molecule has 0 radical (unpaired) electrons. The van der Waals surface area contributed by atoms with Crippen LogP contribution in [0.15, 0.2) is 42.5 Å². The minimum atomic E-state index is 0.526. The molecular formula is C11H14N6. The van der Waals surface area contributed by atoms with E-state index >= 15 is 0 Å². The van der Waals surface area contributed by atoms with Crippen LogP contribution in [0.4, 0.5) is 17.3 Å². The molecule has 0 amide bonds. The number of aromatic nitrogens is 2. The number of nitrogen functional groups attached to an aromatic ring is 1. The molecule has 0 aliphatic heterocycles. The molecule has 1 aromatic heterocycles. The third-order valence-electron chi connectivity index (χ3n) is 2.27. The summed E-state index contributed by atoms with van der Waals surface area (Å²) < 4.78 is 0. The number of hydrazine groups is 2. The van der Waals surface area contributed by atoms with E-state index in [0.29, 0.717) is 11.6 Å². The Morgan fingerprint density at radius 2 is 1.82 bits per heavy atom. The van der Waals surface area contributed by atoms with Crippen LogP contribution < -0.4 is 21.7 Å². The van der Waals surface area contributed by atoms with Gasteiger partial charge in [-0.05, 0) is 24.3 Å². The first kappa shape index (κ1) is 11.3. The Morgan fingerprint density at radius 3 is 2.35 bits per heavy atom. The second-order valence-electron chi connectivity index (χ2n) is 3.32. The summed E-state index contributed by atoms with van der Waals surface area (Å²) in [6.45, 7) is 0. The topological polar surface area (TPSA) is 79.1 Å². The van der Waals surface area contributed by atoms with E-state index in [2.05, 4.69) is 21.0 Å². The average molecular weight is 230 g/mol. The Morgan fingerprint density at radius 1 is 1.06 bits per heavy atom. The Kier molecular flexibility index (Phi) is 3.49. The number of rotatable bonds is 4. The molecule has 0 saturated heterocycles. The zero-order valence-electron chi connectivity index (χ0n) is 9.46. The second-order valence-corrected chi connectivity index (χ2v) is 3.32. The van der Waals surface area contributed by atoms with E-state index in [1.807, 2.05) is 48.5 Å². The highest BCUT2D eigenvalue weighted by Gasteiger charge is 2.08. The van der Waals surface area contributed by atoms with Crippen LogP contribution >= 0.6 is 0 Å². The van der Waals surface area contributed by atoms with Gasteiger partial charge >= 0.3 is 0 Å². The number of anilines is 3. The van der Waals surface area contributed by atoms with Crippen molar-refractivity contribution in [2.24, 2.45) is 5.84 Å². The number of nitrogens with two attached hydrogens (primary N) is 1. The molecule has 6 heteroatoms. The molecule has 0 aliphatic carbocycles. The predicted octanol–water partition coefficient (Wildman–Crippen LogP) is 1.03. The van der Waals surface area contributed by atoms with Gasteiger partial charge in [-0.15, -0.1) is 10.2 Å². The van der Waals surface area contributed by atoms with Gasteiger partial charge < -0.3 is 5.43 Å². The van der Waals surface area contributed by atoms with E-state index in [4.69, 9.17) is 5.84 Å². The molecule has 0 bridgehead atoms. The van der Waals surface area contributed by atoms with Crippen LogP contribution in [0.5, 0.6) is 0 Å². The van der Waals surface area contributed by atoms with Crippen molar-refractivity contribution in [3.63, 3.8) is 0 Å². The highest BCUT2D eigenvalue weighted by Crippen LogP contribution is 2.20. The smallest absolute Gasteiger partial charge is 0.170 e. The first-order chi connectivity index (χ1) is 8.35. The number of nitrogens with zero attached hydrogens (tertiary/aromatic N) is 3. The van der Waals surface area contributed by atoms with Crippen molar-refractivity contribution < 1.29 is 0 Å². The van der Waals surface area contributed by atoms with Gasteiger partial charge in [0.15, 0.2) is 11.6 Å². The van der Waals surface area contributed by atoms with Gasteiger partial charge in [-0.3, -0.25) is 5.01 Å². The fraction of sp³-hybridized carbons (Fsp3) is 0.0909. The number of para-hydroxylation sites is 1. The maximum absolute atomic E-state index is 5.24. The summed E-state index contributed by atoms with van der Waals surface area (Å²) >= 11 is 0. The lowest BCUT2D eigenvalue weighted by atomic mass is 10.3. The minimum absolute atomic E-state index is 0.526. The van der Waals surface area contributed by atoms with Gasteiger partial charge in [0.05, 0.1) is 5.69 Å². The molecule has 2 aromatic rings. The van der Waals surface area contributed by atoms with Crippen LogP contribution in [0.25, 0.3) is 0 Å². The number of hydrogen-bond donors (Lipinski definition) is 3. The molecule has 88 valence electrons. The molecule has 2 rings (SSSR count). The molecule has 1 aromatic carbocycles. The maximum atomic E-state index is 5.24. The lowest BCUT2D eigenvalue weighted by Crippen LogP contribution is -2.31. The lowest BCUT2D eigenvalue weighted by Gasteiger charge is -2.21. The summed E-state index contributed by atoms with van der Waals surface area (Å²) in [6, 6.07) is 13.4. The zero-order valence-corrected chi connectivity index (χ0v) is 9.46. The van der Waals surface area contributed by atoms with Crippen molar-refractivity contribution in [2.45, 2.75) is 0 Å². The van der Waals surface area contributed by atoms with Crippen LogP contribution in [0.3, 0.4) is 0 Å². The van der Waals surface area contributed by atoms with Gasteiger partial charge in [-0.1, -0.05) is 18.2 Å². The third kappa shape index (κ3) is 2.49. The highest BCUT2D eigenvalue weighted by molar-refractivity contribution is 5.58. The van der Waals surface area contributed by atoms with Gasteiger partial charge in [-0.2, -0.15) is 0 Å². The molecule has 1 heterocycles. The van der Waals surface area contributed by atoms with Gasteiger partial charge in [0, 0.05) is 7.05 Å². The number of nitrogens with one attached hydrogen (secondary N) is 2. The summed E-state index contributed by atoms with van der Waals surface area (Å²) in [5, 5.41) is 9.82. The zero-order chi connectivity index (χ0) is 12.1. The van der Waals surface area contributed by atoms with Crippen molar-refractivity contribution in [3.05, 3.63) is 42.5 Å². The van der Waals surface area contributed by atoms with Crippen molar-refractivity contribution in [2.75, 3.05) is 17.5 Å². The van der Waals surface area contributed by atoms with E-state index in [9.17, 15) is 0 Å². The Bertz CT molecular complexity index is 455. The molecule has 0 fully saturated rings. The second kappa shape index (κ2) is 5.24. The molecular weight excluding hydrogens is 216 g/mol. The highest BCUT2D eigenvalue weighted by atomic mass is 15.5. The molecule has 0 aliphatic rings. The summed E-state index contributed by atoms with van der Waals surface area (Å²) in [4.78, 5) is 0. The Labute approximate surface area is 99.4 Å². The van der Waals surface area contributed by atoms with Gasteiger partial charge in [0.2, 0.25) is 0 Å². The minimum Gasteiger partial charge on any atom is -0.307 e. The lowest BCUT2D eigenvalue weighted by molar-refractivity contribution is 0.802. The maximum Gasteiger partial charge on any atom is 0.170 e. The van der Waals surface area contributed by atoms with Crippen LogP contribution in [-0.4, -0.2) is 17.2 Å². The van der Waals surface area contributed by atoms with Crippen LogP contribution in [0.2, 0.25) is 0 Å². The summed E-state index contributed by atoms with van der Waals surface area (Å²) in [5.74, 6) is 6.46. The van der Waals surface area contributed by atoms with Crippen LogP contribution in [0.1, 0.15) is 0 Å². The van der Waals surface area contributed by atoms with Crippen LogP contribution in [0, 0.1) is 0 Å². The quantitative estimate of drug-likeness (QED) is 0.538. The molecule has 0 atom stereocenters. The molecule has 6 nitrogen and oxygen atoms in total. The first-order valence-electron chi connectivity index (χ1n) is 5.18. The standard InChI is InChI=1S/C11H14N6/c1-13-17(9-5-3-2-4-6-9)11-8-7-10(14-12)15-16-11/h2-8,13H,12H2,1H3,(H,14,15). The fourth-order valence-electron chi connectivity index (χ4n) is 1.47. The summed E-state index contributed by atoms with van der Waals surface area (Å²) in [7, 11) is 1.82. The molecule has 0 spiro atoms. The summed E-state index contributed by atoms with van der Waals surface area (Å²) in [6.07, 6.45) is 0. The molecule has 0 saturated carbocycles. The van der Waals surface area contributed by atoms with E-state index in [-0.39, 0.29) is 0 Å². The molecule has 0 unspecified atom stereocenters. The van der Waals surface area contributed by atoms with E-state index in [1.54, 1.807) is 6.07 Å². The van der Waals surface area contributed by atoms with E-state index in [0.717, 1.165) is 5.69 Å². The molecule has 4 N–H and O–H groups in total. The summed E-state index contributed by atoms with van der Waals surface area (Å²) in [5.41, 5.74) is 6.47. The monoisotopic (exact) mass is 230 g/mol. The van der Waals surface area contributed by atoms with Crippen LogP contribution in [-0.2, 0) is 0 Å². The molecule has 17 heavy (non-hydrogen) atoms. The van der Waals surface area contributed by atoms with E-state index in [1.165, 1.54) is 0 Å². The fourth-order valence-corrected chi connectivity index (χ4v) is 1.47. The van der Waals surface area contributed by atoms with Crippen molar-refractivity contribution >= 4 is 17.3 Å². The van der Waals surface area contributed by atoms with E-state index < -0.39 is 0 Å². The van der Waals surface area contributed by atoms with Crippen molar-refractivity contribution in [1.82, 2.24) is 15.6 Å². The predicted molar refractivity (Wildman–Crippen MR) is 67.5 cm³/mol. The van der Waals surface area contributed by atoms with Crippen molar-refractivity contribution in [3.8, 4) is 0 Å². The average Bonchev–Trinajstić information content (AvgIpc) is 2.42. The Balaban J connectivity index is 2.29. The van der Waals surface area contributed by atoms with Gasteiger partial charge in [-0.25, -0.2) is 11.3 Å². The Hall–Kier alpha value is -2.18. The largest absolute Gasteiger partial charge is 0.307 e.